The molecular weight excluding hydrogens is 216 g/mol. The third kappa shape index (κ3) is 2.86. The lowest BCUT2D eigenvalue weighted by molar-refractivity contribution is -0.107. The number of carbonyl (C=O) groups excluding carboxylic acids is 1. The zero-order valence-electron chi connectivity index (χ0n) is 8.75. The van der Waals surface area contributed by atoms with E-state index in [1.54, 1.807) is 26.4 Å². The van der Waals surface area contributed by atoms with E-state index in [9.17, 15) is 4.79 Å². The molecule has 0 N–H and O–H groups in total. The van der Waals surface area contributed by atoms with Gasteiger partial charge in [0.05, 0.1) is 19.2 Å². The van der Waals surface area contributed by atoms with Gasteiger partial charge in [-0.1, -0.05) is 11.6 Å². The summed E-state index contributed by atoms with van der Waals surface area (Å²) in [4.78, 5) is 10.3. The lowest BCUT2D eigenvalue weighted by Crippen LogP contribution is -1.96. The average molecular weight is 229 g/mol. The lowest BCUT2D eigenvalue weighted by atomic mass is 10.1. The predicted octanol–water partition coefficient (Wildman–Crippen LogP) is 2.49. The van der Waals surface area contributed by atoms with Crippen molar-refractivity contribution >= 4 is 17.9 Å². The van der Waals surface area contributed by atoms with Crippen molar-refractivity contribution in [2.24, 2.45) is 0 Å². The molecule has 1 aromatic rings. The number of hydrogen-bond acceptors (Lipinski definition) is 3. The van der Waals surface area contributed by atoms with Crippen LogP contribution in [0.1, 0.15) is 12.0 Å². The van der Waals surface area contributed by atoms with Crippen LogP contribution in [0.5, 0.6) is 11.5 Å². The number of aldehydes is 1. The van der Waals surface area contributed by atoms with E-state index in [2.05, 4.69) is 0 Å². The van der Waals surface area contributed by atoms with Gasteiger partial charge in [0, 0.05) is 18.1 Å². The maximum atomic E-state index is 10.3. The van der Waals surface area contributed by atoms with Crippen LogP contribution in [0.25, 0.3) is 0 Å². The molecule has 0 saturated carbocycles. The molecule has 0 fully saturated rings. The maximum absolute atomic E-state index is 10.3. The number of halogens is 1. The third-order valence-corrected chi connectivity index (χ3v) is 2.43. The number of rotatable bonds is 5. The molecule has 3 nitrogen and oxygen atoms in total. The first-order chi connectivity index (χ1) is 7.22. The van der Waals surface area contributed by atoms with Gasteiger partial charge < -0.3 is 14.3 Å². The molecule has 0 saturated heterocycles. The standard InChI is InChI=1S/C11H13ClO3/c1-14-8-6-10(12)9(4-3-5-13)11(7-8)15-2/h5-7H,3-4H2,1-2H3. The van der Waals surface area contributed by atoms with Crippen LogP contribution in [0.3, 0.4) is 0 Å². The summed E-state index contributed by atoms with van der Waals surface area (Å²) in [6, 6.07) is 3.47. The highest BCUT2D eigenvalue weighted by Gasteiger charge is 2.10. The first kappa shape index (κ1) is 11.9. The van der Waals surface area contributed by atoms with Gasteiger partial charge in [-0.15, -0.1) is 0 Å². The van der Waals surface area contributed by atoms with E-state index < -0.39 is 0 Å². The van der Waals surface area contributed by atoms with Gasteiger partial charge in [0.1, 0.15) is 17.8 Å². The quantitative estimate of drug-likeness (QED) is 0.727. The van der Waals surface area contributed by atoms with E-state index >= 15 is 0 Å². The Morgan fingerprint density at radius 2 is 2.07 bits per heavy atom. The summed E-state index contributed by atoms with van der Waals surface area (Å²) >= 11 is 6.05. The molecule has 0 amide bonds. The molecule has 0 radical (unpaired) electrons. The van der Waals surface area contributed by atoms with Gasteiger partial charge in [0.2, 0.25) is 0 Å². The van der Waals surface area contributed by atoms with Gasteiger partial charge in [-0.2, -0.15) is 0 Å². The molecular formula is C11H13ClO3. The topological polar surface area (TPSA) is 35.5 Å². The second-order valence-electron chi connectivity index (χ2n) is 3.00. The molecule has 0 unspecified atom stereocenters. The highest BCUT2D eigenvalue weighted by molar-refractivity contribution is 6.31. The van der Waals surface area contributed by atoms with Gasteiger partial charge >= 0.3 is 0 Å². The van der Waals surface area contributed by atoms with E-state index in [-0.39, 0.29) is 0 Å². The minimum absolute atomic E-state index is 0.433. The first-order valence-corrected chi connectivity index (χ1v) is 4.94. The number of ether oxygens (including phenoxy) is 2. The van der Waals surface area contributed by atoms with Crippen molar-refractivity contribution in [3.8, 4) is 11.5 Å². The first-order valence-electron chi connectivity index (χ1n) is 4.57. The molecule has 0 aromatic heterocycles. The van der Waals surface area contributed by atoms with E-state index in [4.69, 9.17) is 21.1 Å². The largest absolute Gasteiger partial charge is 0.497 e. The molecule has 0 aliphatic carbocycles. The summed E-state index contributed by atoms with van der Waals surface area (Å²) in [5, 5.41) is 0.563. The van der Waals surface area contributed by atoms with E-state index in [1.807, 2.05) is 0 Å². The number of hydrogen-bond donors (Lipinski definition) is 0. The van der Waals surface area contributed by atoms with Crippen LogP contribution >= 0.6 is 11.6 Å². The van der Waals surface area contributed by atoms with E-state index in [0.29, 0.717) is 29.4 Å². The molecule has 15 heavy (non-hydrogen) atoms. The average Bonchev–Trinajstić information content (AvgIpc) is 2.26. The molecule has 0 aliphatic rings. The third-order valence-electron chi connectivity index (χ3n) is 2.10. The molecule has 1 rings (SSSR count). The summed E-state index contributed by atoms with van der Waals surface area (Å²) in [7, 11) is 3.13. The maximum Gasteiger partial charge on any atom is 0.127 e. The van der Waals surface area contributed by atoms with Gasteiger partial charge in [-0.3, -0.25) is 0 Å². The number of benzene rings is 1. The number of methoxy groups -OCH3 is 2. The van der Waals surface area contributed by atoms with Crippen LogP contribution in [0.4, 0.5) is 0 Å². The molecule has 0 spiro atoms. The summed E-state index contributed by atoms with van der Waals surface area (Å²) < 4.78 is 10.2. The van der Waals surface area contributed by atoms with Gasteiger partial charge in [0.25, 0.3) is 0 Å². The normalized spacial score (nSPS) is 9.80. The Morgan fingerprint density at radius 1 is 1.33 bits per heavy atom. The van der Waals surface area contributed by atoms with Crippen molar-refractivity contribution in [2.45, 2.75) is 12.8 Å². The van der Waals surface area contributed by atoms with Crippen molar-refractivity contribution in [1.82, 2.24) is 0 Å². The molecule has 0 heterocycles. The van der Waals surface area contributed by atoms with Crippen molar-refractivity contribution in [1.29, 1.82) is 0 Å². The zero-order chi connectivity index (χ0) is 11.3. The fourth-order valence-electron chi connectivity index (χ4n) is 1.33. The lowest BCUT2D eigenvalue weighted by Gasteiger charge is -2.11. The molecule has 0 aliphatic heterocycles. The summed E-state index contributed by atoms with van der Waals surface area (Å²) in [6.07, 6.45) is 1.87. The Bertz CT molecular complexity index is 350. The zero-order valence-corrected chi connectivity index (χ0v) is 9.50. The Labute approximate surface area is 93.9 Å². The van der Waals surface area contributed by atoms with Crippen molar-refractivity contribution in [3.05, 3.63) is 22.7 Å². The molecule has 4 heteroatoms. The second kappa shape index (κ2) is 5.61. The molecule has 82 valence electrons. The monoisotopic (exact) mass is 228 g/mol. The second-order valence-corrected chi connectivity index (χ2v) is 3.40. The fraction of sp³-hybridized carbons (Fsp3) is 0.364. The summed E-state index contributed by atoms with van der Waals surface area (Å²) in [5.74, 6) is 1.30. The Kier molecular flexibility index (Phi) is 4.43. The fourth-order valence-corrected chi connectivity index (χ4v) is 1.63. The van der Waals surface area contributed by atoms with Crippen LogP contribution in [-0.2, 0) is 11.2 Å². The van der Waals surface area contributed by atoms with E-state index in [1.165, 1.54) is 0 Å². The van der Waals surface area contributed by atoms with Gasteiger partial charge in [-0.25, -0.2) is 0 Å². The van der Waals surface area contributed by atoms with Crippen molar-refractivity contribution < 1.29 is 14.3 Å². The molecule has 0 bridgehead atoms. The van der Waals surface area contributed by atoms with Gasteiger partial charge in [0.15, 0.2) is 0 Å². The molecule has 1 aromatic carbocycles. The minimum Gasteiger partial charge on any atom is -0.497 e. The highest BCUT2D eigenvalue weighted by atomic mass is 35.5. The van der Waals surface area contributed by atoms with Crippen molar-refractivity contribution in [3.63, 3.8) is 0 Å². The van der Waals surface area contributed by atoms with E-state index in [0.717, 1.165) is 11.8 Å². The van der Waals surface area contributed by atoms with Crippen LogP contribution in [0.2, 0.25) is 5.02 Å². The smallest absolute Gasteiger partial charge is 0.127 e. The van der Waals surface area contributed by atoms with Crippen LogP contribution in [-0.4, -0.2) is 20.5 Å². The van der Waals surface area contributed by atoms with Gasteiger partial charge in [-0.05, 0) is 12.5 Å². The molecule has 0 atom stereocenters. The predicted molar refractivity (Wildman–Crippen MR) is 58.9 cm³/mol. The Hall–Kier alpha value is -1.22. The summed E-state index contributed by atoms with van der Waals surface area (Å²) in [5.41, 5.74) is 0.840. The Balaban J connectivity index is 3.06. The van der Waals surface area contributed by atoms with Crippen LogP contribution in [0.15, 0.2) is 12.1 Å². The Morgan fingerprint density at radius 3 is 2.60 bits per heavy atom. The van der Waals surface area contributed by atoms with Crippen LogP contribution < -0.4 is 9.47 Å². The number of carbonyl (C=O) groups is 1. The SMILES string of the molecule is COc1cc(Cl)c(CCC=O)c(OC)c1. The van der Waals surface area contributed by atoms with Crippen molar-refractivity contribution in [2.75, 3.05) is 14.2 Å². The summed E-state index contributed by atoms with van der Waals surface area (Å²) in [6.45, 7) is 0. The highest BCUT2D eigenvalue weighted by Crippen LogP contribution is 2.32. The van der Waals surface area contributed by atoms with Crippen LogP contribution in [0, 0.1) is 0 Å². The minimum atomic E-state index is 0.433.